The van der Waals surface area contributed by atoms with Crippen molar-refractivity contribution < 1.29 is 14.6 Å². The van der Waals surface area contributed by atoms with Crippen LogP contribution < -0.4 is 4.90 Å². The van der Waals surface area contributed by atoms with Crippen LogP contribution in [0.3, 0.4) is 0 Å². The molecule has 6 heteroatoms. The zero-order valence-electron chi connectivity index (χ0n) is 15.5. The zero-order valence-corrected chi connectivity index (χ0v) is 15.5. The zero-order chi connectivity index (χ0) is 19.0. The summed E-state index contributed by atoms with van der Waals surface area (Å²) in [5.41, 5.74) is 1.53. The number of nitro benzene ring substituents is 1. The molecular formula is C21H24N3O3+. The van der Waals surface area contributed by atoms with Crippen LogP contribution >= 0.6 is 0 Å². The van der Waals surface area contributed by atoms with Gasteiger partial charge in [-0.25, -0.2) is 9.48 Å². The summed E-state index contributed by atoms with van der Waals surface area (Å²) >= 11 is 0. The number of β-amino-alcohol motifs (C(OH)–C–C–N with tert-alkyl or cyclic N) is 1. The first-order valence-corrected chi connectivity index (χ1v) is 9.44. The van der Waals surface area contributed by atoms with E-state index in [1.807, 2.05) is 6.07 Å². The molecule has 0 aromatic heterocycles. The molecule has 0 fully saturated rings. The standard InChI is InChI=1S/C21H24N3O3/c1-16-7-5-9-18(13-16)22-15-21(25,23-12-4-2-3-11-20(22)23)17-8-6-10-19(14-17)24(26)27/h5-10,13-14,25H,2-4,11-12,15H2,1H3/q+1. The molecule has 27 heavy (non-hydrogen) atoms. The number of anilines is 1. The predicted octanol–water partition coefficient (Wildman–Crippen LogP) is 3.55. The molecule has 0 spiro atoms. The Balaban J connectivity index is 1.82. The first-order chi connectivity index (χ1) is 13.0. The molecule has 2 aromatic rings. The average molecular weight is 366 g/mol. The maximum absolute atomic E-state index is 11.7. The summed E-state index contributed by atoms with van der Waals surface area (Å²) in [5.74, 6) is 1.10. The van der Waals surface area contributed by atoms with Crippen LogP contribution in [0.25, 0.3) is 0 Å². The van der Waals surface area contributed by atoms with E-state index in [9.17, 15) is 15.2 Å². The minimum absolute atomic E-state index is 0.00584. The normalized spacial score (nSPS) is 22.5. The fourth-order valence-electron chi connectivity index (χ4n) is 4.22. The summed E-state index contributed by atoms with van der Waals surface area (Å²) in [6, 6.07) is 14.7. The minimum Gasteiger partial charge on any atom is -0.346 e. The fraction of sp³-hybridized carbons (Fsp3) is 0.381. The van der Waals surface area contributed by atoms with Crippen LogP contribution in [0.2, 0.25) is 0 Å². The second kappa shape index (κ2) is 6.78. The van der Waals surface area contributed by atoms with Crippen LogP contribution in [-0.2, 0) is 5.72 Å². The first-order valence-electron chi connectivity index (χ1n) is 9.44. The number of aryl methyl sites for hydroxylation is 1. The van der Waals surface area contributed by atoms with Crippen molar-refractivity contribution in [2.75, 3.05) is 18.0 Å². The van der Waals surface area contributed by atoms with Crippen LogP contribution in [0.5, 0.6) is 0 Å². The van der Waals surface area contributed by atoms with E-state index >= 15 is 0 Å². The Morgan fingerprint density at radius 2 is 1.96 bits per heavy atom. The van der Waals surface area contributed by atoms with Gasteiger partial charge in [0.15, 0.2) is 6.54 Å². The Hall–Kier alpha value is -2.73. The van der Waals surface area contributed by atoms with Gasteiger partial charge in [-0.05, 0) is 43.9 Å². The van der Waals surface area contributed by atoms with E-state index in [0.29, 0.717) is 12.1 Å². The molecule has 0 radical (unpaired) electrons. The van der Waals surface area contributed by atoms with E-state index < -0.39 is 10.6 Å². The van der Waals surface area contributed by atoms with Gasteiger partial charge in [-0.15, -0.1) is 0 Å². The predicted molar refractivity (Wildman–Crippen MR) is 104 cm³/mol. The van der Waals surface area contributed by atoms with Gasteiger partial charge in [0.05, 0.1) is 11.5 Å². The third-order valence-electron chi connectivity index (χ3n) is 5.56. The van der Waals surface area contributed by atoms with E-state index in [0.717, 1.165) is 43.8 Å². The molecule has 1 unspecified atom stereocenters. The lowest BCUT2D eigenvalue weighted by Gasteiger charge is -2.23. The summed E-state index contributed by atoms with van der Waals surface area (Å²) in [6.45, 7) is 3.17. The van der Waals surface area contributed by atoms with Crippen LogP contribution in [0, 0.1) is 17.0 Å². The molecule has 2 aliphatic rings. The molecule has 2 heterocycles. The third-order valence-corrected chi connectivity index (χ3v) is 5.56. The lowest BCUT2D eigenvalue weighted by Crippen LogP contribution is -2.41. The number of amidine groups is 1. The molecule has 4 rings (SSSR count). The number of aliphatic hydroxyl groups is 1. The van der Waals surface area contributed by atoms with Gasteiger partial charge in [-0.1, -0.05) is 24.3 Å². The van der Waals surface area contributed by atoms with Crippen LogP contribution in [-0.4, -0.2) is 33.5 Å². The van der Waals surface area contributed by atoms with Crippen molar-refractivity contribution in [3.05, 3.63) is 69.8 Å². The highest BCUT2D eigenvalue weighted by atomic mass is 16.6. The maximum Gasteiger partial charge on any atom is 0.271 e. The minimum atomic E-state index is -1.27. The number of non-ortho nitro benzene ring substituents is 1. The quantitative estimate of drug-likeness (QED) is 0.512. The van der Waals surface area contributed by atoms with E-state index in [1.165, 1.54) is 17.7 Å². The topological polar surface area (TPSA) is 69.6 Å². The molecule has 0 saturated heterocycles. The molecule has 0 bridgehead atoms. The van der Waals surface area contributed by atoms with Crippen molar-refractivity contribution in [3.8, 4) is 0 Å². The maximum atomic E-state index is 11.7. The molecule has 0 amide bonds. The summed E-state index contributed by atoms with van der Waals surface area (Å²) in [5, 5.41) is 23.0. The van der Waals surface area contributed by atoms with Gasteiger partial charge in [0.1, 0.15) is 5.69 Å². The van der Waals surface area contributed by atoms with Crippen molar-refractivity contribution >= 4 is 17.2 Å². The molecule has 1 atom stereocenters. The third kappa shape index (κ3) is 3.10. The van der Waals surface area contributed by atoms with E-state index in [-0.39, 0.29) is 5.69 Å². The van der Waals surface area contributed by atoms with Gasteiger partial charge in [0.2, 0.25) is 0 Å². The second-order valence-corrected chi connectivity index (χ2v) is 7.43. The largest absolute Gasteiger partial charge is 0.346 e. The van der Waals surface area contributed by atoms with E-state index in [2.05, 4.69) is 34.6 Å². The second-order valence-electron chi connectivity index (χ2n) is 7.43. The molecule has 0 aliphatic carbocycles. The molecule has 2 aliphatic heterocycles. The van der Waals surface area contributed by atoms with Crippen LogP contribution in [0.15, 0.2) is 48.5 Å². The number of hydrogen-bond acceptors (Lipinski definition) is 4. The number of nitro groups is 1. The highest BCUT2D eigenvalue weighted by Gasteiger charge is 2.52. The fourth-order valence-corrected chi connectivity index (χ4v) is 4.22. The van der Waals surface area contributed by atoms with Gasteiger partial charge >= 0.3 is 0 Å². The van der Waals surface area contributed by atoms with E-state index in [4.69, 9.17) is 0 Å². The Morgan fingerprint density at radius 1 is 1.15 bits per heavy atom. The van der Waals surface area contributed by atoms with Gasteiger partial charge in [0.25, 0.3) is 17.2 Å². The summed E-state index contributed by atoms with van der Waals surface area (Å²) in [7, 11) is 0. The SMILES string of the molecule is Cc1cccc(N2CC(O)(c3cccc([N+](=O)[O-])c3)[N+]3=C2CCCCC3)c1. The van der Waals surface area contributed by atoms with Crippen molar-refractivity contribution in [2.45, 2.75) is 38.3 Å². The van der Waals surface area contributed by atoms with Crippen LogP contribution in [0.4, 0.5) is 11.4 Å². The summed E-state index contributed by atoms with van der Waals surface area (Å²) in [6.07, 6.45) is 4.10. The van der Waals surface area contributed by atoms with Gasteiger partial charge in [-0.3, -0.25) is 10.1 Å². The van der Waals surface area contributed by atoms with Gasteiger partial charge in [0, 0.05) is 24.1 Å². The highest BCUT2D eigenvalue weighted by Crippen LogP contribution is 2.36. The van der Waals surface area contributed by atoms with Crippen molar-refractivity contribution in [3.63, 3.8) is 0 Å². The number of rotatable bonds is 3. The summed E-state index contributed by atoms with van der Waals surface area (Å²) in [4.78, 5) is 13.0. The first kappa shape index (κ1) is 17.7. The number of nitrogens with zero attached hydrogens (tertiary/aromatic N) is 3. The number of benzene rings is 2. The van der Waals surface area contributed by atoms with Gasteiger partial charge < -0.3 is 5.11 Å². The summed E-state index contributed by atoms with van der Waals surface area (Å²) < 4.78 is 2.06. The smallest absolute Gasteiger partial charge is 0.271 e. The Labute approximate surface area is 158 Å². The van der Waals surface area contributed by atoms with Crippen molar-refractivity contribution in [1.29, 1.82) is 0 Å². The lowest BCUT2D eigenvalue weighted by molar-refractivity contribution is -0.658. The lowest BCUT2D eigenvalue weighted by atomic mass is 10.0. The Kier molecular flexibility index (Phi) is 4.44. The Bertz CT molecular complexity index is 924. The van der Waals surface area contributed by atoms with E-state index in [1.54, 1.807) is 12.1 Å². The molecule has 1 N–H and O–H groups in total. The van der Waals surface area contributed by atoms with Crippen molar-refractivity contribution in [2.24, 2.45) is 0 Å². The molecule has 140 valence electrons. The monoisotopic (exact) mass is 366 g/mol. The molecule has 2 aromatic carbocycles. The number of hydrogen-bond donors (Lipinski definition) is 1. The van der Waals surface area contributed by atoms with Gasteiger partial charge in [-0.2, -0.15) is 0 Å². The van der Waals surface area contributed by atoms with Crippen LogP contribution in [0.1, 0.15) is 36.8 Å². The highest BCUT2D eigenvalue weighted by molar-refractivity contribution is 5.96. The molecule has 6 nitrogen and oxygen atoms in total. The average Bonchev–Trinajstić information content (AvgIpc) is 2.82. The Morgan fingerprint density at radius 3 is 2.74 bits per heavy atom. The molecular weight excluding hydrogens is 342 g/mol. The molecule has 0 saturated carbocycles. The van der Waals surface area contributed by atoms with Crippen molar-refractivity contribution in [1.82, 2.24) is 0 Å².